The minimum atomic E-state index is 0.156. The van der Waals surface area contributed by atoms with Crippen molar-refractivity contribution in [3.63, 3.8) is 0 Å². The van der Waals surface area contributed by atoms with Crippen molar-refractivity contribution in [1.82, 2.24) is 19.9 Å². The lowest BCUT2D eigenvalue weighted by atomic mass is 10.1. The molecule has 22 heavy (non-hydrogen) atoms. The predicted molar refractivity (Wildman–Crippen MR) is 78.8 cm³/mol. The second-order valence-corrected chi connectivity index (χ2v) is 5.35. The molecule has 7 heteroatoms. The third-order valence-corrected chi connectivity index (χ3v) is 3.86. The summed E-state index contributed by atoms with van der Waals surface area (Å²) < 4.78 is 16.1. The van der Waals surface area contributed by atoms with Crippen LogP contribution in [0.5, 0.6) is 11.8 Å². The molecule has 7 nitrogen and oxygen atoms in total. The van der Waals surface area contributed by atoms with Crippen molar-refractivity contribution in [3.05, 3.63) is 30.2 Å². The first-order valence-corrected chi connectivity index (χ1v) is 7.38. The summed E-state index contributed by atoms with van der Waals surface area (Å²) >= 11 is 0. The number of rotatable bonds is 5. The van der Waals surface area contributed by atoms with E-state index in [1.54, 1.807) is 19.5 Å². The maximum Gasteiger partial charge on any atom is 0.316 e. The number of methoxy groups -OCH3 is 1. The lowest BCUT2D eigenvalue weighted by molar-refractivity contribution is 0.0883. The van der Waals surface area contributed by atoms with Gasteiger partial charge in [-0.3, -0.25) is 4.90 Å². The van der Waals surface area contributed by atoms with Crippen molar-refractivity contribution in [1.29, 1.82) is 0 Å². The number of nitrogens with zero attached hydrogens (tertiary/aromatic N) is 4. The molecule has 3 heterocycles. The van der Waals surface area contributed by atoms with Gasteiger partial charge >= 0.3 is 6.01 Å². The molecule has 0 spiro atoms. The SMILES string of the molecule is COc1cnc(OC2CCN(Cc3ncoc3C)CC2)nc1. The summed E-state index contributed by atoms with van der Waals surface area (Å²) in [4.78, 5) is 14.9. The average molecular weight is 304 g/mol. The molecule has 1 fully saturated rings. The highest BCUT2D eigenvalue weighted by Crippen LogP contribution is 2.19. The van der Waals surface area contributed by atoms with Crippen LogP contribution in [0.3, 0.4) is 0 Å². The minimum Gasteiger partial charge on any atom is -0.494 e. The van der Waals surface area contributed by atoms with E-state index in [1.165, 1.54) is 6.39 Å². The van der Waals surface area contributed by atoms with Gasteiger partial charge in [0, 0.05) is 19.6 Å². The highest BCUT2D eigenvalue weighted by molar-refractivity contribution is 5.13. The normalized spacial score (nSPS) is 16.6. The molecule has 0 radical (unpaired) electrons. The standard InChI is InChI=1S/C15H20N4O3/c1-11-14(18-10-21-11)9-19-5-3-12(4-6-19)22-15-16-7-13(20-2)8-17-15/h7-8,10,12H,3-6,9H2,1-2H3. The topological polar surface area (TPSA) is 73.5 Å². The van der Waals surface area contributed by atoms with Crippen LogP contribution in [0, 0.1) is 6.92 Å². The molecule has 0 amide bonds. The van der Waals surface area contributed by atoms with Gasteiger partial charge in [-0.25, -0.2) is 4.98 Å². The second-order valence-electron chi connectivity index (χ2n) is 5.35. The average Bonchev–Trinajstić information content (AvgIpc) is 2.95. The van der Waals surface area contributed by atoms with E-state index in [9.17, 15) is 0 Å². The van der Waals surface area contributed by atoms with Crippen LogP contribution >= 0.6 is 0 Å². The number of ether oxygens (including phenoxy) is 2. The van der Waals surface area contributed by atoms with Crippen LogP contribution in [0.2, 0.25) is 0 Å². The van der Waals surface area contributed by atoms with Crippen molar-refractivity contribution in [2.45, 2.75) is 32.4 Å². The van der Waals surface area contributed by atoms with E-state index in [0.29, 0.717) is 11.8 Å². The quantitative estimate of drug-likeness (QED) is 0.834. The molecule has 0 N–H and O–H groups in total. The molecule has 1 aliphatic heterocycles. The van der Waals surface area contributed by atoms with Gasteiger partial charge in [0.1, 0.15) is 11.9 Å². The van der Waals surface area contributed by atoms with Crippen LogP contribution in [0.4, 0.5) is 0 Å². The van der Waals surface area contributed by atoms with Crippen LogP contribution in [0.1, 0.15) is 24.3 Å². The van der Waals surface area contributed by atoms with E-state index in [0.717, 1.165) is 43.9 Å². The second kappa shape index (κ2) is 6.74. The van der Waals surface area contributed by atoms with Crippen LogP contribution in [0.15, 0.2) is 23.2 Å². The Morgan fingerprint density at radius 1 is 1.23 bits per heavy atom. The fraction of sp³-hybridized carbons (Fsp3) is 0.533. The fourth-order valence-electron chi connectivity index (χ4n) is 2.50. The number of hydrogen-bond acceptors (Lipinski definition) is 7. The zero-order valence-corrected chi connectivity index (χ0v) is 12.9. The minimum absolute atomic E-state index is 0.156. The van der Waals surface area contributed by atoms with Crippen molar-refractivity contribution in [3.8, 4) is 11.8 Å². The molecule has 1 saturated heterocycles. The molecule has 2 aromatic rings. The molecular formula is C15H20N4O3. The fourth-order valence-corrected chi connectivity index (χ4v) is 2.50. The van der Waals surface area contributed by atoms with E-state index in [1.807, 2.05) is 6.92 Å². The van der Waals surface area contributed by atoms with Gasteiger partial charge in [0.05, 0.1) is 25.2 Å². The molecule has 0 aliphatic carbocycles. The molecular weight excluding hydrogens is 284 g/mol. The monoisotopic (exact) mass is 304 g/mol. The zero-order valence-electron chi connectivity index (χ0n) is 12.9. The Bertz CT molecular complexity index is 591. The van der Waals surface area contributed by atoms with Crippen LogP contribution in [0.25, 0.3) is 0 Å². The van der Waals surface area contributed by atoms with Crippen molar-refractivity contribution in [2.75, 3.05) is 20.2 Å². The van der Waals surface area contributed by atoms with Gasteiger partial charge in [0.15, 0.2) is 12.1 Å². The summed E-state index contributed by atoms with van der Waals surface area (Å²) in [7, 11) is 1.59. The lowest BCUT2D eigenvalue weighted by Gasteiger charge is -2.31. The van der Waals surface area contributed by atoms with Gasteiger partial charge < -0.3 is 13.9 Å². The first-order chi connectivity index (χ1) is 10.7. The van der Waals surface area contributed by atoms with E-state index in [-0.39, 0.29) is 6.10 Å². The summed E-state index contributed by atoms with van der Waals surface area (Å²) in [6.07, 6.45) is 6.79. The number of aromatic nitrogens is 3. The Hall–Kier alpha value is -2.15. The van der Waals surface area contributed by atoms with Gasteiger partial charge in [0.2, 0.25) is 0 Å². The third kappa shape index (κ3) is 3.54. The van der Waals surface area contributed by atoms with E-state index >= 15 is 0 Å². The summed E-state index contributed by atoms with van der Waals surface area (Å²) in [5.74, 6) is 1.52. The third-order valence-electron chi connectivity index (χ3n) is 3.86. The van der Waals surface area contributed by atoms with Crippen LogP contribution in [-0.2, 0) is 6.54 Å². The van der Waals surface area contributed by atoms with Gasteiger partial charge in [0.25, 0.3) is 0 Å². The van der Waals surface area contributed by atoms with Gasteiger partial charge in [-0.1, -0.05) is 0 Å². The molecule has 0 bridgehead atoms. The Morgan fingerprint density at radius 3 is 2.55 bits per heavy atom. The highest BCUT2D eigenvalue weighted by Gasteiger charge is 2.22. The van der Waals surface area contributed by atoms with E-state index < -0.39 is 0 Å². The Balaban J connectivity index is 1.48. The highest BCUT2D eigenvalue weighted by atomic mass is 16.5. The molecule has 0 aromatic carbocycles. The summed E-state index contributed by atoms with van der Waals surface area (Å²) in [6, 6.07) is 0.409. The smallest absolute Gasteiger partial charge is 0.316 e. The molecule has 118 valence electrons. The van der Waals surface area contributed by atoms with Gasteiger partial charge in [-0.2, -0.15) is 9.97 Å². The Morgan fingerprint density at radius 2 is 1.95 bits per heavy atom. The van der Waals surface area contributed by atoms with Crippen molar-refractivity contribution >= 4 is 0 Å². The first-order valence-electron chi connectivity index (χ1n) is 7.38. The Kier molecular flexibility index (Phi) is 4.53. The molecule has 0 unspecified atom stereocenters. The summed E-state index contributed by atoms with van der Waals surface area (Å²) in [5.41, 5.74) is 1.01. The Labute approximate surface area is 129 Å². The van der Waals surface area contributed by atoms with Gasteiger partial charge in [-0.15, -0.1) is 0 Å². The zero-order chi connectivity index (χ0) is 15.4. The largest absolute Gasteiger partial charge is 0.494 e. The summed E-state index contributed by atoms with van der Waals surface area (Å²) in [5, 5.41) is 0. The van der Waals surface area contributed by atoms with Crippen molar-refractivity contribution < 1.29 is 13.9 Å². The number of oxazole rings is 1. The molecule has 1 aliphatic rings. The number of piperidine rings is 1. The first kappa shape index (κ1) is 14.8. The van der Waals surface area contributed by atoms with Crippen LogP contribution < -0.4 is 9.47 Å². The van der Waals surface area contributed by atoms with E-state index in [2.05, 4.69) is 19.9 Å². The maximum absolute atomic E-state index is 5.82. The number of hydrogen-bond donors (Lipinski definition) is 0. The number of aryl methyl sites for hydroxylation is 1. The lowest BCUT2D eigenvalue weighted by Crippen LogP contribution is -2.38. The van der Waals surface area contributed by atoms with Crippen molar-refractivity contribution in [2.24, 2.45) is 0 Å². The maximum atomic E-state index is 5.82. The van der Waals surface area contributed by atoms with E-state index in [4.69, 9.17) is 13.9 Å². The summed E-state index contributed by atoms with van der Waals surface area (Å²) in [6.45, 7) is 4.70. The van der Waals surface area contributed by atoms with Gasteiger partial charge in [-0.05, 0) is 19.8 Å². The predicted octanol–water partition coefficient (Wildman–Crippen LogP) is 1.83. The molecule has 0 atom stereocenters. The molecule has 2 aromatic heterocycles. The molecule has 3 rings (SSSR count). The molecule has 0 saturated carbocycles. The number of likely N-dealkylation sites (tertiary alicyclic amines) is 1. The van der Waals surface area contributed by atoms with Crippen LogP contribution in [-0.4, -0.2) is 46.2 Å².